The van der Waals surface area contributed by atoms with Gasteiger partial charge in [0.15, 0.2) is 0 Å². The molecule has 1 aliphatic heterocycles. The van der Waals surface area contributed by atoms with Crippen molar-refractivity contribution in [2.45, 2.75) is 31.7 Å². The Balaban J connectivity index is 2.18. The number of nitrogens with zero attached hydrogens (tertiary/aromatic N) is 1. The lowest BCUT2D eigenvalue weighted by Crippen LogP contribution is -2.44. The lowest BCUT2D eigenvalue weighted by Gasteiger charge is -2.35. The van der Waals surface area contributed by atoms with Crippen LogP contribution in [0.5, 0.6) is 0 Å². The summed E-state index contributed by atoms with van der Waals surface area (Å²) in [7, 11) is 0. The smallest absolute Gasteiger partial charge is 0.270 e. The number of nitrogens with one attached hydrogen (secondary N) is 1. The van der Waals surface area contributed by atoms with Crippen molar-refractivity contribution in [3.8, 4) is 0 Å². The molecule has 0 aromatic carbocycles. The van der Waals surface area contributed by atoms with Crippen molar-refractivity contribution >= 4 is 5.91 Å². The van der Waals surface area contributed by atoms with Crippen molar-refractivity contribution in [3.63, 3.8) is 0 Å². The quantitative estimate of drug-likeness (QED) is 0.831. The van der Waals surface area contributed by atoms with Crippen LogP contribution in [0.15, 0.2) is 23.0 Å². The van der Waals surface area contributed by atoms with E-state index in [-0.39, 0.29) is 24.1 Å². The van der Waals surface area contributed by atoms with Crippen LogP contribution < -0.4 is 5.56 Å². The summed E-state index contributed by atoms with van der Waals surface area (Å²) >= 11 is 0. The second-order valence-electron chi connectivity index (χ2n) is 4.59. The summed E-state index contributed by atoms with van der Waals surface area (Å²) in [4.78, 5) is 27.9. The maximum atomic E-state index is 12.3. The number of pyridine rings is 1. The zero-order valence-electron chi connectivity index (χ0n) is 10.3. The van der Waals surface area contributed by atoms with Gasteiger partial charge in [-0.05, 0) is 31.7 Å². The summed E-state index contributed by atoms with van der Waals surface area (Å²) in [6.07, 6.45) is 3.58. The molecule has 1 atom stereocenters. The number of aliphatic hydroxyl groups excluding tert-OH is 1. The van der Waals surface area contributed by atoms with Gasteiger partial charge < -0.3 is 15.0 Å². The first-order valence-corrected chi connectivity index (χ1v) is 6.33. The van der Waals surface area contributed by atoms with E-state index >= 15 is 0 Å². The highest BCUT2D eigenvalue weighted by Crippen LogP contribution is 2.21. The van der Waals surface area contributed by atoms with Crippen molar-refractivity contribution in [1.82, 2.24) is 9.88 Å². The van der Waals surface area contributed by atoms with Crippen LogP contribution in [-0.4, -0.2) is 40.1 Å². The number of aromatic nitrogens is 1. The first-order chi connectivity index (χ1) is 8.72. The summed E-state index contributed by atoms with van der Waals surface area (Å²) in [5.41, 5.74) is 0.0592. The molecule has 0 aliphatic carbocycles. The molecule has 2 N–H and O–H groups in total. The van der Waals surface area contributed by atoms with Gasteiger partial charge in [0.25, 0.3) is 5.91 Å². The predicted molar refractivity (Wildman–Crippen MR) is 67.4 cm³/mol. The van der Waals surface area contributed by atoms with Gasteiger partial charge in [0.1, 0.15) is 5.69 Å². The zero-order valence-corrected chi connectivity index (χ0v) is 10.3. The van der Waals surface area contributed by atoms with Crippen LogP contribution in [0.2, 0.25) is 0 Å². The molecule has 0 spiro atoms. The van der Waals surface area contributed by atoms with Crippen molar-refractivity contribution in [1.29, 1.82) is 0 Å². The topological polar surface area (TPSA) is 73.4 Å². The Morgan fingerprint density at radius 1 is 1.44 bits per heavy atom. The van der Waals surface area contributed by atoms with Crippen LogP contribution in [0, 0.1) is 0 Å². The van der Waals surface area contributed by atoms with Gasteiger partial charge in [-0.3, -0.25) is 9.59 Å². The van der Waals surface area contributed by atoms with Crippen LogP contribution in [0.4, 0.5) is 0 Å². The molecule has 1 fully saturated rings. The van der Waals surface area contributed by atoms with Gasteiger partial charge in [-0.2, -0.15) is 0 Å². The zero-order chi connectivity index (χ0) is 13.0. The van der Waals surface area contributed by atoms with Gasteiger partial charge >= 0.3 is 0 Å². The first kappa shape index (κ1) is 12.8. The fourth-order valence-corrected chi connectivity index (χ4v) is 2.44. The van der Waals surface area contributed by atoms with E-state index < -0.39 is 0 Å². The fourth-order valence-electron chi connectivity index (χ4n) is 2.44. The third kappa shape index (κ3) is 2.79. The standard InChI is InChI=1S/C13H18N2O3/c16-9-7-10-4-1-2-8-15(10)13(18)11-5-3-6-12(17)14-11/h3,5-6,10,16H,1-2,4,7-9H2,(H,14,17). The van der Waals surface area contributed by atoms with Gasteiger partial charge in [0, 0.05) is 25.3 Å². The van der Waals surface area contributed by atoms with Crippen LogP contribution in [0.25, 0.3) is 0 Å². The molecule has 98 valence electrons. The molecule has 1 amide bonds. The highest BCUT2D eigenvalue weighted by Gasteiger charge is 2.27. The summed E-state index contributed by atoms with van der Waals surface area (Å²) in [5, 5.41) is 9.04. The van der Waals surface area contributed by atoms with Gasteiger partial charge in [-0.15, -0.1) is 0 Å². The third-order valence-electron chi connectivity index (χ3n) is 3.35. The van der Waals surface area contributed by atoms with Crippen LogP contribution >= 0.6 is 0 Å². The third-order valence-corrected chi connectivity index (χ3v) is 3.35. The van der Waals surface area contributed by atoms with Gasteiger partial charge in [0.05, 0.1) is 0 Å². The molecule has 1 unspecified atom stereocenters. The molecule has 2 rings (SSSR count). The molecule has 1 aromatic rings. The highest BCUT2D eigenvalue weighted by atomic mass is 16.3. The Morgan fingerprint density at radius 2 is 2.28 bits per heavy atom. The monoisotopic (exact) mass is 250 g/mol. The molecule has 0 bridgehead atoms. The number of likely N-dealkylation sites (tertiary alicyclic amines) is 1. The van der Waals surface area contributed by atoms with E-state index in [2.05, 4.69) is 4.98 Å². The number of rotatable bonds is 3. The number of aromatic amines is 1. The summed E-state index contributed by atoms with van der Waals surface area (Å²) in [5.74, 6) is -0.147. The number of amides is 1. The molecule has 18 heavy (non-hydrogen) atoms. The van der Waals surface area contributed by atoms with Gasteiger partial charge in [-0.25, -0.2) is 0 Å². The molecule has 1 aromatic heterocycles. The SMILES string of the molecule is O=C(c1cccc(=O)[nH]1)N1CCCCC1CCO. The fraction of sp³-hybridized carbons (Fsp3) is 0.538. The minimum atomic E-state index is -0.267. The Kier molecular flexibility index (Phi) is 4.15. The van der Waals surface area contributed by atoms with E-state index in [1.807, 2.05) is 0 Å². The molecule has 5 heteroatoms. The van der Waals surface area contributed by atoms with Crippen molar-refractivity contribution in [2.75, 3.05) is 13.2 Å². The number of aliphatic hydroxyl groups is 1. The maximum Gasteiger partial charge on any atom is 0.270 e. The van der Waals surface area contributed by atoms with Crippen LogP contribution in [0.3, 0.4) is 0 Å². The van der Waals surface area contributed by atoms with E-state index in [1.54, 1.807) is 17.0 Å². The number of carbonyl (C=O) groups is 1. The molecule has 2 heterocycles. The average Bonchev–Trinajstić information content (AvgIpc) is 2.39. The second-order valence-corrected chi connectivity index (χ2v) is 4.59. The molecular formula is C13H18N2O3. The maximum absolute atomic E-state index is 12.3. The molecular weight excluding hydrogens is 232 g/mol. The lowest BCUT2D eigenvalue weighted by molar-refractivity contribution is 0.0568. The van der Waals surface area contributed by atoms with Gasteiger partial charge in [0.2, 0.25) is 5.56 Å². The Morgan fingerprint density at radius 3 is 3.00 bits per heavy atom. The lowest BCUT2D eigenvalue weighted by atomic mass is 9.99. The molecule has 0 saturated carbocycles. The average molecular weight is 250 g/mol. The van der Waals surface area contributed by atoms with Crippen molar-refractivity contribution in [3.05, 3.63) is 34.2 Å². The summed E-state index contributed by atoms with van der Waals surface area (Å²) in [6, 6.07) is 4.67. The largest absolute Gasteiger partial charge is 0.396 e. The molecule has 1 saturated heterocycles. The van der Waals surface area contributed by atoms with Crippen LogP contribution in [-0.2, 0) is 0 Å². The van der Waals surface area contributed by atoms with E-state index in [4.69, 9.17) is 5.11 Å². The summed E-state index contributed by atoms with van der Waals surface area (Å²) < 4.78 is 0. The number of hydrogen-bond acceptors (Lipinski definition) is 3. The normalized spacial score (nSPS) is 19.8. The van der Waals surface area contributed by atoms with E-state index in [0.29, 0.717) is 18.7 Å². The highest BCUT2D eigenvalue weighted by molar-refractivity contribution is 5.92. The first-order valence-electron chi connectivity index (χ1n) is 6.33. The van der Waals surface area contributed by atoms with Gasteiger partial charge in [-0.1, -0.05) is 6.07 Å². The molecule has 1 aliphatic rings. The van der Waals surface area contributed by atoms with Crippen molar-refractivity contribution < 1.29 is 9.90 Å². The Bertz CT molecular complexity index is 467. The molecule has 5 nitrogen and oxygen atoms in total. The minimum Gasteiger partial charge on any atom is -0.396 e. The van der Waals surface area contributed by atoms with Crippen molar-refractivity contribution in [2.24, 2.45) is 0 Å². The van der Waals surface area contributed by atoms with E-state index in [0.717, 1.165) is 19.3 Å². The Labute approximate surface area is 105 Å². The predicted octanol–water partition coefficient (Wildman–Crippen LogP) is 0.752. The minimum absolute atomic E-state index is 0.0831. The summed E-state index contributed by atoms with van der Waals surface area (Å²) in [6.45, 7) is 0.778. The number of H-pyrrole nitrogens is 1. The number of piperidine rings is 1. The van der Waals surface area contributed by atoms with E-state index in [9.17, 15) is 9.59 Å². The van der Waals surface area contributed by atoms with Crippen LogP contribution in [0.1, 0.15) is 36.2 Å². The second kappa shape index (κ2) is 5.82. The van der Waals surface area contributed by atoms with E-state index in [1.165, 1.54) is 6.07 Å². The molecule has 0 radical (unpaired) electrons. The Hall–Kier alpha value is -1.62. The number of carbonyl (C=O) groups excluding carboxylic acids is 1. The number of hydrogen-bond donors (Lipinski definition) is 2.